The smallest absolute Gasteiger partial charge is 0.306 e. The molecule has 450 valence electrons. The molecule has 0 saturated carbocycles. The summed E-state index contributed by atoms with van der Waals surface area (Å²) in [5, 5.41) is 0. The van der Waals surface area contributed by atoms with Gasteiger partial charge in [0.2, 0.25) is 0 Å². The van der Waals surface area contributed by atoms with E-state index in [-0.39, 0.29) is 31.1 Å². The first-order valence-electron chi connectivity index (χ1n) is 34.1. The Balaban J connectivity index is 4.21. The largest absolute Gasteiger partial charge is 0.462 e. The lowest BCUT2D eigenvalue weighted by Gasteiger charge is -2.18. The fourth-order valence-corrected chi connectivity index (χ4v) is 10.1. The van der Waals surface area contributed by atoms with Gasteiger partial charge in [-0.1, -0.05) is 301 Å². The van der Waals surface area contributed by atoms with Crippen LogP contribution in [0.1, 0.15) is 367 Å². The lowest BCUT2D eigenvalue weighted by Crippen LogP contribution is -2.30. The molecule has 6 heteroatoms. The van der Waals surface area contributed by atoms with Gasteiger partial charge in [-0.3, -0.25) is 14.4 Å². The van der Waals surface area contributed by atoms with Gasteiger partial charge in [-0.2, -0.15) is 0 Å². The highest BCUT2D eigenvalue weighted by Crippen LogP contribution is 2.17. The third-order valence-electron chi connectivity index (χ3n) is 15.3. The second kappa shape index (κ2) is 65.9. The van der Waals surface area contributed by atoms with Crippen molar-refractivity contribution in [3.63, 3.8) is 0 Å². The summed E-state index contributed by atoms with van der Waals surface area (Å²) in [5.74, 6) is -0.865. The Morgan fingerprint density at radius 2 is 0.481 bits per heavy atom. The SMILES string of the molecule is CCCC/C=C\CCCCCCCC(=O)OCC(COC(=O)CCCCCCCCCCCCCCC/C=C\CCCCCCCCCC)OC(=O)CCCCCCCCCCCCC/C=C\C/C=C\CCCCCCC. The van der Waals surface area contributed by atoms with E-state index < -0.39 is 6.10 Å². The summed E-state index contributed by atoms with van der Waals surface area (Å²) in [6, 6.07) is 0. The molecule has 1 atom stereocenters. The summed E-state index contributed by atoms with van der Waals surface area (Å²) in [5.41, 5.74) is 0. The average molecular weight is 1080 g/mol. The molecule has 0 N–H and O–H groups in total. The lowest BCUT2D eigenvalue weighted by molar-refractivity contribution is -0.167. The normalized spacial score (nSPS) is 12.3. The van der Waals surface area contributed by atoms with Crippen molar-refractivity contribution in [2.24, 2.45) is 0 Å². The number of esters is 3. The molecule has 0 aliphatic rings. The highest BCUT2D eigenvalue weighted by Gasteiger charge is 2.19. The van der Waals surface area contributed by atoms with Crippen LogP contribution >= 0.6 is 0 Å². The second-order valence-corrected chi connectivity index (χ2v) is 23.1. The van der Waals surface area contributed by atoms with Crippen LogP contribution in [0.4, 0.5) is 0 Å². The summed E-state index contributed by atoms with van der Waals surface area (Å²) in [6.07, 6.45) is 82.8. The van der Waals surface area contributed by atoms with E-state index in [0.717, 1.165) is 70.6 Å². The maximum absolute atomic E-state index is 12.9. The van der Waals surface area contributed by atoms with Gasteiger partial charge in [0.25, 0.3) is 0 Å². The van der Waals surface area contributed by atoms with Crippen LogP contribution in [0, 0.1) is 0 Å². The molecule has 0 saturated heterocycles. The molecule has 0 rings (SSSR count). The van der Waals surface area contributed by atoms with Crippen LogP contribution in [0.5, 0.6) is 0 Å². The number of carbonyl (C=O) groups excluding carboxylic acids is 3. The Labute approximate surface area is 479 Å². The number of hydrogen-bond donors (Lipinski definition) is 0. The molecule has 77 heavy (non-hydrogen) atoms. The summed E-state index contributed by atoms with van der Waals surface area (Å²) in [7, 11) is 0. The highest BCUT2D eigenvalue weighted by molar-refractivity contribution is 5.71. The van der Waals surface area contributed by atoms with Gasteiger partial charge >= 0.3 is 17.9 Å². The third-order valence-corrected chi connectivity index (χ3v) is 15.3. The van der Waals surface area contributed by atoms with Crippen LogP contribution in [0.15, 0.2) is 48.6 Å². The van der Waals surface area contributed by atoms with Crippen LogP contribution in [-0.2, 0) is 28.6 Å². The van der Waals surface area contributed by atoms with E-state index in [4.69, 9.17) is 14.2 Å². The van der Waals surface area contributed by atoms with Gasteiger partial charge < -0.3 is 14.2 Å². The molecule has 0 heterocycles. The van der Waals surface area contributed by atoms with E-state index >= 15 is 0 Å². The predicted molar refractivity (Wildman–Crippen MR) is 335 cm³/mol. The Morgan fingerprint density at radius 1 is 0.260 bits per heavy atom. The quantitative estimate of drug-likeness (QED) is 0.0261. The first kappa shape index (κ1) is 74.4. The monoisotopic (exact) mass is 1080 g/mol. The zero-order valence-corrected chi connectivity index (χ0v) is 51.7. The fourth-order valence-electron chi connectivity index (χ4n) is 10.1. The maximum Gasteiger partial charge on any atom is 0.306 e. The molecule has 0 radical (unpaired) electrons. The zero-order chi connectivity index (χ0) is 55.7. The molecule has 0 aromatic heterocycles. The number of hydrogen-bond acceptors (Lipinski definition) is 6. The molecule has 0 bridgehead atoms. The molecule has 0 spiro atoms. The summed E-state index contributed by atoms with van der Waals surface area (Å²) in [4.78, 5) is 38.3. The van der Waals surface area contributed by atoms with Gasteiger partial charge in [0, 0.05) is 19.3 Å². The Hall–Kier alpha value is -2.63. The molecule has 0 amide bonds. The minimum Gasteiger partial charge on any atom is -0.462 e. The number of unbranched alkanes of at least 4 members (excludes halogenated alkanes) is 44. The van der Waals surface area contributed by atoms with Gasteiger partial charge in [-0.15, -0.1) is 0 Å². The first-order chi connectivity index (χ1) is 38.0. The van der Waals surface area contributed by atoms with Gasteiger partial charge in [0.15, 0.2) is 6.10 Å². The molecule has 0 aliphatic heterocycles. The van der Waals surface area contributed by atoms with Crippen LogP contribution in [0.3, 0.4) is 0 Å². The van der Waals surface area contributed by atoms with Gasteiger partial charge in [0.05, 0.1) is 0 Å². The lowest BCUT2D eigenvalue weighted by atomic mass is 10.0. The van der Waals surface area contributed by atoms with Crippen molar-refractivity contribution >= 4 is 17.9 Å². The van der Waals surface area contributed by atoms with Crippen LogP contribution in [-0.4, -0.2) is 37.2 Å². The molecular weight excluding hydrogens is 949 g/mol. The van der Waals surface area contributed by atoms with Crippen molar-refractivity contribution in [2.75, 3.05) is 13.2 Å². The molecule has 6 nitrogen and oxygen atoms in total. The second-order valence-electron chi connectivity index (χ2n) is 23.1. The number of carbonyl (C=O) groups is 3. The van der Waals surface area contributed by atoms with E-state index in [9.17, 15) is 14.4 Å². The predicted octanol–water partition coefficient (Wildman–Crippen LogP) is 23.3. The summed E-state index contributed by atoms with van der Waals surface area (Å²) < 4.78 is 16.9. The summed E-state index contributed by atoms with van der Waals surface area (Å²) >= 11 is 0. The minimum atomic E-state index is -0.777. The first-order valence-corrected chi connectivity index (χ1v) is 34.1. The van der Waals surface area contributed by atoms with E-state index in [2.05, 4.69) is 69.4 Å². The van der Waals surface area contributed by atoms with Crippen molar-refractivity contribution < 1.29 is 28.6 Å². The number of rotatable bonds is 63. The Kier molecular flexibility index (Phi) is 63.6. The van der Waals surface area contributed by atoms with E-state index in [1.54, 1.807) is 0 Å². The van der Waals surface area contributed by atoms with Crippen molar-refractivity contribution in [3.8, 4) is 0 Å². The van der Waals surface area contributed by atoms with Crippen LogP contribution < -0.4 is 0 Å². The van der Waals surface area contributed by atoms with Gasteiger partial charge in [-0.05, 0) is 96.3 Å². The van der Waals surface area contributed by atoms with E-state index in [1.807, 2.05) is 0 Å². The topological polar surface area (TPSA) is 78.9 Å². The fraction of sp³-hybridized carbons (Fsp3) is 0.845. The zero-order valence-electron chi connectivity index (χ0n) is 51.7. The maximum atomic E-state index is 12.9. The van der Waals surface area contributed by atoms with Crippen molar-refractivity contribution in [1.29, 1.82) is 0 Å². The molecule has 0 aromatic carbocycles. The molecule has 1 unspecified atom stereocenters. The number of ether oxygens (including phenoxy) is 3. The van der Waals surface area contributed by atoms with Crippen LogP contribution in [0.25, 0.3) is 0 Å². The molecule has 0 fully saturated rings. The van der Waals surface area contributed by atoms with Gasteiger partial charge in [-0.25, -0.2) is 0 Å². The van der Waals surface area contributed by atoms with E-state index in [0.29, 0.717) is 19.3 Å². The summed E-state index contributed by atoms with van der Waals surface area (Å²) in [6.45, 7) is 6.64. The molecule has 0 aliphatic carbocycles. The van der Waals surface area contributed by atoms with Crippen molar-refractivity contribution in [2.45, 2.75) is 374 Å². The molecular formula is C71H130O6. The Morgan fingerprint density at radius 3 is 0.766 bits per heavy atom. The average Bonchev–Trinajstić information content (AvgIpc) is 3.43. The standard InChI is InChI=1S/C71H130O6/c1-4-7-10-13-16-19-22-24-26-28-30-32-34-35-37-38-40-42-44-46-49-52-55-58-61-64-70(73)76-67-68(66-75-69(72)63-60-57-54-51-48-21-18-15-12-9-6-3)77-71(74)65-62-59-56-53-50-47-45-43-41-39-36-33-31-29-27-25-23-20-17-14-11-8-5-2/h15,18,23,25,28-31,68H,4-14,16-17,19-22,24,26-27,32-67H2,1-3H3/b18-15-,25-23-,30-28-,31-29-. The van der Waals surface area contributed by atoms with Crippen LogP contribution in [0.2, 0.25) is 0 Å². The highest BCUT2D eigenvalue weighted by atomic mass is 16.6. The van der Waals surface area contributed by atoms with Crippen molar-refractivity contribution in [1.82, 2.24) is 0 Å². The van der Waals surface area contributed by atoms with Crippen molar-refractivity contribution in [3.05, 3.63) is 48.6 Å². The minimum absolute atomic E-state index is 0.0736. The van der Waals surface area contributed by atoms with Gasteiger partial charge in [0.1, 0.15) is 13.2 Å². The Bertz CT molecular complexity index is 1330. The third kappa shape index (κ3) is 64.1. The van der Waals surface area contributed by atoms with E-state index in [1.165, 1.54) is 257 Å². The molecule has 0 aromatic rings. The number of allylic oxidation sites excluding steroid dienone is 8.